The predicted molar refractivity (Wildman–Crippen MR) is 76.5 cm³/mol. The van der Waals surface area contributed by atoms with Gasteiger partial charge in [0.15, 0.2) is 0 Å². The van der Waals surface area contributed by atoms with Crippen molar-refractivity contribution in [1.29, 1.82) is 0 Å². The van der Waals surface area contributed by atoms with Crippen molar-refractivity contribution in [3.05, 3.63) is 30.5 Å². The van der Waals surface area contributed by atoms with Crippen LogP contribution in [-0.4, -0.2) is 17.2 Å². The number of rotatable bonds is 5. The summed E-state index contributed by atoms with van der Waals surface area (Å²) in [5, 5.41) is 3.72. The molecule has 2 aromatic rings. The zero-order valence-electron chi connectivity index (χ0n) is 11.5. The van der Waals surface area contributed by atoms with Crippen molar-refractivity contribution in [2.24, 2.45) is 7.05 Å². The van der Waals surface area contributed by atoms with Crippen molar-refractivity contribution in [2.45, 2.75) is 26.2 Å². The van der Waals surface area contributed by atoms with Crippen LogP contribution >= 0.6 is 0 Å². The zero-order chi connectivity index (χ0) is 13.7. The lowest BCUT2D eigenvalue weighted by Crippen LogP contribution is -2.27. The lowest BCUT2D eigenvalue weighted by molar-refractivity contribution is 0.201. The Morgan fingerprint density at radius 1 is 1.32 bits per heavy atom. The molecule has 2 rings (SSSR count). The molecule has 4 heteroatoms. The van der Waals surface area contributed by atoms with Gasteiger partial charge in [-0.15, -0.1) is 0 Å². The summed E-state index contributed by atoms with van der Waals surface area (Å²) in [6.07, 6.45) is 4.82. The highest BCUT2D eigenvalue weighted by Crippen LogP contribution is 2.25. The van der Waals surface area contributed by atoms with Crippen LogP contribution in [0.4, 0.5) is 4.79 Å². The maximum Gasteiger partial charge on any atom is 0.412 e. The SMILES string of the molecule is CCCCCNC(=O)Oc1cccc2c1ccn2C. The van der Waals surface area contributed by atoms with E-state index in [1.165, 1.54) is 0 Å². The molecule has 1 aromatic heterocycles. The third-order valence-electron chi connectivity index (χ3n) is 3.14. The molecule has 0 aliphatic carbocycles. The Morgan fingerprint density at radius 3 is 2.95 bits per heavy atom. The number of fused-ring (bicyclic) bond motifs is 1. The molecular formula is C15H20N2O2. The molecule has 19 heavy (non-hydrogen) atoms. The number of hydrogen-bond acceptors (Lipinski definition) is 2. The Kier molecular flexibility index (Phi) is 4.44. The predicted octanol–water partition coefficient (Wildman–Crippen LogP) is 3.46. The van der Waals surface area contributed by atoms with Gasteiger partial charge in [-0.1, -0.05) is 25.8 Å². The molecule has 0 aliphatic rings. The Labute approximate surface area is 113 Å². The average molecular weight is 260 g/mol. The van der Waals surface area contributed by atoms with Gasteiger partial charge in [0.2, 0.25) is 0 Å². The first-order chi connectivity index (χ1) is 9.22. The summed E-state index contributed by atoms with van der Waals surface area (Å²) >= 11 is 0. The number of aromatic nitrogens is 1. The molecule has 0 bridgehead atoms. The summed E-state index contributed by atoms with van der Waals surface area (Å²) < 4.78 is 7.36. The third kappa shape index (κ3) is 3.28. The molecule has 1 aromatic carbocycles. The van der Waals surface area contributed by atoms with E-state index in [0.717, 1.165) is 30.2 Å². The molecule has 0 atom stereocenters. The number of nitrogens with one attached hydrogen (secondary N) is 1. The molecule has 0 saturated heterocycles. The summed E-state index contributed by atoms with van der Waals surface area (Å²) in [7, 11) is 1.97. The monoisotopic (exact) mass is 260 g/mol. The molecule has 1 amide bonds. The molecular weight excluding hydrogens is 240 g/mol. The third-order valence-corrected chi connectivity index (χ3v) is 3.14. The van der Waals surface area contributed by atoms with E-state index in [2.05, 4.69) is 12.2 Å². The number of carbonyl (C=O) groups excluding carboxylic acids is 1. The average Bonchev–Trinajstić information content (AvgIpc) is 2.78. The van der Waals surface area contributed by atoms with Gasteiger partial charge in [-0.25, -0.2) is 4.79 Å². The van der Waals surface area contributed by atoms with Crippen LogP contribution in [0.2, 0.25) is 0 Å². The van der Waals surface area contributed by atoms with Gasteiger partial charge in [0.25, 0.3) is 0 Å². The standard InChI is InChI=1S/C15H20N2O2/c1-3-4-5-10-16-15(18)19-14-8-6-7-13-12(14)9-11-17(13)2/h6-9,11H,3-5,10H2,1-2H3,(H,16,18). The van der Waals surface area contributed by atoms with Crippen molar-refractivity contribution in [3.8, 4) is 5.75 Å². The van der Waals surface area contributed by atoms with Crippen LogP contribution in [0.1, 0.15) is 26.2 Å². The van der Waals surface area contributed by atoms with Gasteiger partial charge < -0.3 is 14.6 Å². The van der Waals surface area contributed by atoms with Crippen LogP contribution in [0.3, 0.4) is 0 Å². The number of hydrogen-bond donors (Lipinski definition) is 1. The Balaban J connectivity index is 1.99. The molecule has 1 N–H and O–H groups in total. The van der Waals surface area contributed by atoms with Crippen molar-refractivity contribution in [1.82, 2.24) is 9.88 Å². The lowest BCUT2D eigenvalue weighted by atomic mass is 10.2. The van der Waals surface area contributed by atoms with Gasteiger partial charge in [0, 0.05) is 25.2 Å². The maximum atomic E-state index is 11.7. The number of carbonyl (C=O) groups is 1. The zero-order valence-corrected chi connectivity index (χ0v) is 11.5. The van der Waals surface area contributed by atoms with E-state index in [1.54, 1.807) is 0 Å². The van der Waals surface area contributed by atoms with Crippen LogP contribution in [0.15, 0.2) is 30.5 Å². The molecule has 4 nitrogen and oxygen atoms in total. The number of unbranched alkanes of at least 4 members (excludes halogenated alkanes) is 2. The molecule has 0 fully saturated rings. The smallest absolute Gasteiger partial charge is 0.410 e. The van der Waals surface area contributed by atoms with Gasteiger partial charge in [-0.2, -0.15) is 0 Å². The van der Waals surface area contributed by atoms with Crippen LogP contribution in [0.25, 0.3) is 10.9 Å². The van der Waals surface area contributed by atoms with E-state index in [-0.39, 0.29) is 6.09 Å². The topological polar surface area (TPSA) is 43.3 Å². The Morgan fingerprint density at radius 2 is 2.16 bits per heavy atom. The van der Waals surface area contributed by atoms with Crippen LogP contribution in [-0.2, 0) is 7.05 Å². The minimum absolute atomic E-state index is 0.382. The Hall–Kier alpha value is -1.97. The van der Waals surface area contributed by atoms with Gasteiger partial charge in [0.1, 0.15) is 5.75 Å². The van der Waals surface area contributed by atoms with E-state index < -0.39 is 0 Å². The van der Waals surface area contributed by atoms with Gasteiger partial charge >= 0.3 is 6.09 Å². The number of benzene rings is 1. The molecule has 0 radical (unpaired) electrons. The molecule has 0 aliphatic heterocycles. The lowest BCUT2D eigenvalue weighted by Gasteiger charge is -2.07. The summed E-state index contributed by atoms with van der Waals surface area (Å²) in [6, 6.07) is 7.66. The van der Waals surface area contributed by atoms with E-state index in [9.17, 15) is 4.79 Å². The second-order valence-corrected chi connectivity index (χ2v) is 4.64. The molecule has 0 saturated carbocycles. The summed E-state index contributed by atoms with van der Waals surface area (Å²) in [6.45, 7) is 2.80. The quantitative estimate of drug-likeness (QED) is 0.837. The molecule has 0 unspecified atom stereocenters. The number of amides is 1. The van der Waals surface area contributed by atoms with Gasteiger partial charge in [0.05, 0.1) is 5.52 Å². The second-order valence-electron chi connectivity index (χ2n) is 4.64. The maximum absolute atomic E-state index is 11.7. The van der Waals surface area contributed by atoms with Crippen LogP contribution in [0.5, 0.6) is 5.75 Å². The molecule has 0 spiro atoms. The fraction of sp³-hybridized carbons (Fsp3) is 0.400. The minimum Gasteiger partial charge on any atom is -0.410 e. The highest BCUT2D eigenvalue weighted by atomic mass is 16.6. The van der Waals surface area contributed by atoms with Gasteiger partial charge in [-0.3, -0.25) is 0 Å². The minimum atomic E-state index is -0.382. The summed E-state index contributed by atoms with van der Waals surface area (Å²) in [5.41, 5.74) is 1.05. The van der Waals surface area contributed by atoms with E-state index in [1.807, 2.05) is 42.1 Å². The summed E-state index contributed by atoms with van der Waals surface area (Å²) in [5.74, 6) is 0.603. The van der Waals surface area contributed by atoms with Crippen molar-refractivity contribution >= 4 is 17.0 Å². The fourth-order valence-electron chi connectivity index (χ4n) is 2.06. The molecule has 1 heterocycles. The number of nitrogens with zero attached hydrogens (tertiary/aromatic N) is 1. The van der Waals surface area contributed by atoms with Crippen LogP contribution in [0, 0.1) is 0 Å². The second kappa shape index (κ2) is 6.27. The highest BCUT2D eigenvalue weighted by molar-refractivity contribution is 5.88. The van der Waals surface area contributed by atoms with Crippen molar-refractivity contribution in [3.63, 3.8) is 0 Å². The first-order valence-electron chi connectivity index (χ1n) is 6.72. The van der Waals surface area contributed by atoms with E-state index in [0.29, 0.717) is 12.3 Å². The van der Waals surface area contributed by atoms with E-state index in [4.69, 9.17) is 4.74 Å². The summed E-state index contributed by atoms with van der Waals surface area (Å²) in [4.78, 5) is 11.7. The largest absolute Gasteiger partial charge is 0.412 e. The van der Waals surface area contributed by atoms with E-state index >= 15 is 0 Å². The highest BCUT2D eigenvalue weighted by Gasteiger charge is 2.08. The van der Waals surface area contributed by atoms with Crippen LogP contribution < -0.4 is 10.1 Å². The molecule has 102 valence electrons. The normalized spacial score (nSPS) is 10.6. The van der Waals surface area contributed by atoms with Crippen molar-refractivity contribution in [2.75, 3.05) is 6.54 Å². The van der Waals surface area contributed by atoms with Gasteiger partial charge in [-0.05, 0) is 24.6 Å². The fourth-order valence-corrected chi connectivity index (χ4v) is 2.06. The first kappa shape index (κ1) is 13.5. The number of ether oxygens (including phenoxy) is 1. The number of aryl methyl sites for hydroxylation is 1. The van der Waals surface area contributed by atoms with Crippen molar-refractivity contribution < 1.29 is 9.53 Å². The Bertz CT molecular complexity index is 560. The first-order valence-corrected chi connectivity index (χ1v) is 6.72.